The second-order valence-electron chi connectivity index (χ2n) is 3.80. The van der Waals surface area contributed by atoms with E-state index in [1.54, 1.807) is 6.07 Å². The molecule has 2 N–H and O–H groups in total. The molecule has 0 amide bonds. The summed E-state index contributed by atoms with van der Waals surface area (Å²) >= 11 is 13.5. The van der Waals surface area contributed by atoms with E-state index in [9.17, 15) is 0 Å². The number of nitrogens with one attached hydrogen (secondary N) is 2. The van der Waals surface area contributed by atoms with Gasteiger partial charge in [0.25, 0.3) is 0 Å². The summed E-state index contributed by atoms with van der Waals surface area (Å²) in [5, 5.41) is 4.48. The van der Waals surface area contributed by atoms with Gasteiger partial charge in [0, 0.05) is 5.02 Å². The molecular formula is C10H9Cl2N3S. The van der Waals surface area contributed by atoms with Gasteiger partial charge >= 0.3 is 0 Å². The molecule has 0 saturated heterocycles. The third kappa shape index (κ3) is 2.10. The largest absolute Gasteiger partial charge is 0.324 e. The first kappa shape index (κ1) is 10.6. The van der Waals surface area contributed by atoms with E-state index in [-0.39, 0.29) is 0 Å². The highest BCUT2D eigenvalue weighted by Crippen LogP contribution is 2.38. The summed E-state index contributed by atoms with van der Waals surface area (Å²) in [6.07, 6.45) is 2.36. The molecule has 1 aromatic rings. The van der Waals surface area contributed by atoms with Crippen LogP contribution in [0.25, 0.3) is 0 Å². The fourth-order valence-corrected chi connectivity index (χ4v) is 2.74. The van der Waals surface area contributed by atoms with Crippen LogP contribution in [0.1, 0.15) is 12.8 Å². The number of guanidine groups is 1. The normalized spacial score (nSPS) is 21.2. The lowest BCUT2D eigenvalue weighted by molar-refractivity contribution is 1.05. The highest BCUT2D eigenvalue weighted by atomic mass is 35.5. The fraction of sp³-hybridized carbons (Fsp3) is 0.300. The van der Waals surface area contributed by atoms with Gasteiger partial charge in [-0.1, -0.05) is 23.2 Å². The van der Waals surface area contributed by atoms with Crippen LogP contribution in [-0.4, -0.2) is 12.0 Å². The Morgan fingerprint density at radius 3 is 2.88 bits per heavy atom. The second kappa shape index (κ2) is 4.02. The monoisotopic (exact) mass is 273 g/mol. The second-order valence-corrected chi connectivity index (χ2v) is 5.46. The number of anilines is 1. The summed E-state index contributed by atoms with van der Waals surface area (Å²) in [6.45, 7) is 0. The summed E-state index contributed by atoms with van der Waals surface area (Å²) < 4.78 is 3.13. The first-order valence-corrected chi connectivity index (χ1v) is 6.56. The van der Waals surface area contributed by atoms with Gasteiger partial charge in [0.15, 0.2) is 0 Å². The molecule has 0 unspecified atom stereocenters. The van der Waals surface area contributed by atoms with Crippen LogP contribution in [0.4, 0.5) is 5.69 Å². The molecule has 0 aromatic heterocycles. The molecule has 84 valence electrons. The number of fused-ring (bicyclic) bond motifs is 1. The van der Waals surface area contributed by atoms with Gasteiger partial charge in [0.2, 0.25) is 5.96 Å². The predicted octanol–water partition coefficient (Wildman–Crippen LogP) is 3.53. The Labute approximate surface area is 108 Å². The third-order valence-corrected chi connectivity index (χ3v) is 3.94. The van der Waals surface area contributed by atoms with Crippen molar-refractivity contribution >= 4 is 46.8 Å². The Balaban J connectivity index is 1.92. The molecule has 1 heterocycles. The molecule has 3 rings (SSSR count). The standard InChI is InChI=1S/C10H9Cl2N3S/c11-5-3-7(12)9-8(4-5)14-10(15-16-9)13-6-1-2-6/h3-4,6H,1-2H2,(H2,13,14,15). The van der Waals surface area contributed by atoms with Crippen molar-refractivity contribution in [2.24, 2.45) is 4.99 Å². The van der Waals surface area contributed by atoms with Crippen LogP contribution >= 0.6 is 35.1 Å². The van der Waals surface area contributed by atoms with E-state index in [0.29, 0.717) is 16.1 Å². The van der Waals surface area contributed by atoms with Gasteiger partial charge in [-0.25, -0.2) is 4.99 Å². The molecule has 1 aliphatic heterocycles. The SMILES string of the molecule is Clc1cc(Cl)c2c(c1)NC(=NC1CC1)NS2. The van der Waals surface area contributed by atoms with Crippen LogP contribution in [-0.2, 0) is 0 Å². The molecule has 1 aromatic carbocycles. The zero-order valence-corrected chi connectivity index (χ0v) is 10.6. The lowest BCUT2D eigenvalue weighted by Crippen LogP contribution is -2.29. The zero-order chi connectivity index (χ0) is 11.1. The molecular weight excluding hydrogens is 265 g/mol. The van der Waals surface area contributed by atoms with E-state index >= 15 is 0 Å². The van der Waals surface area contributed by atoms with E-state index in [0.717, 1.165) is 16.5 Å². The number of rotatable bonds is 1. The van der Waals surface area contributed by atoms with Crippen LogP contribution in [0.2, 0.25) is 10.0 Å². The van der Waals surface area contributed by atoms with Crippen molar-refractivity contribution in [2.75, 3.05) is 5.32 Å². The van der Waals surface area contributed by atoms with Crippen molar-refractivity contribution in [1.82, 2.24) is 4.72 Å². The molecule has 1 saturated carbocycles. The van der Waals surface area contributed by atoms with Crippen LogP contribution in [0.5, 0.6) is 0 Å². The minimum Gasteiger partial charge on any atom is -0.324 e. The van der Waals surface area contributed by atoms with E-state index in [4.69, 9.17) is 23.2 Å². The molecule has 1 aliphatic carbocycles. The van der Waals surface area contributed by atoms with E-state index in [1.165, 1.54) is 24.8 Å². The molecule has 0 bridgehead atoms. The summed E-state index contributed by atoms with van der Waals surface area (Å²) in [6, 6.07) is 4.08. The molecule has 0 atom stereocenters. The minimum atomic E-state index is 0.479. The smallest absolute Gasteiger partial charge is 0.206 e. The Hall–Kier alpha value is -0.580. The number of nitrogens with zero attached hydrogens (tertiary/aromatic N) is 1. The van der Waals surface area contributed by atoms with Crippen molar-refractivity contribution in [1.29, 1.82) is 0 Å². The summed E-state index contributed by atoms with van der Waals surface area (Å²) in [7, 11) is 0. The molecule has 3 nitrogen and oxygen atoms in total. The lowest BCUT2D eigenvalue weighted by Gasteiger charge is -2.21. The predicted molar refractivity (Wildman–Crippen MR) is 69.5 cm³/mol. The van der Waals surface area contributed by atoms with Crippen LogP contribution in [0, 0.1) is 0 Å². The van der Waals surface area contributed by atoms with E-state index < -0.39 is 0 Å². The molecule has 0 spiro atoms. The van der Waals surface area contributed by atoms with Crippen LogP contribution in [0.15, 0.2) is 22.0 Å². The molecule has 2 aliphatic rings. The summed E-state index contributed by atoms with van der Waals surface area (Å²) in [5.74, 6) is 0.790. The van der Waals surface area contributed by atoms with Gasteiger partial charge in [-0.05, 0) is 36.9 Å². The van der Waals surface area contributed by atoms with E-state index in [1.807, 2.05) is 6.07 Å². The van der Waals surface area contributed by atoms with Crippen LogP contribution in [0.3, 0.4) is 0 Å². The molecule has 0 radical (unpaired) electrons. The highest BCUT2D eigenvalue weighted by molar-refractivity contribution is 7.98. The van der Waals surface area contributed by atoms with Crippen molar-refractivity contribution in [3.05, 3.63) is 22.2 Å². The Bertz CT molecular complexity index is 471. The number of halogens is 2. The van der Waals surface area contributed by atoms with Gasteiger partial charge in [-0.3, -0.25) is 4.72 Å². The third-order valence-electron chi connectivity index (χ3n) is 2.37. The van der Waals surface area contributed by atoms with Crippen molar-refractivity contribution in [3.8, 4) is 0 Å². The quantitative estimate of drug-likeness (QED) is 0.769. The number of aliphatic imine (C=N–C) groups is 1. The van der Waals surface area contributed by atoms with Gasteiger partial charge in [-0.15, -0.1) is 0 Å². The first-order valence-electron chi connectivity index (χ1n) is 4.99. The Kier molecular flexibility index (Phi) is 2.65. The fourth-order valence-electron chi connectivity index (χ4n) is 1.45. The zero-order valence-electron chi connectivity index (χ0n) is 8.26. The summed E-state index contributed by atoms with van der Waals surface area (Å²) in [5.41, 5.74) is 0.917. The van der Waals surface area contributed by atoms with Gasteiger partial charge < -0.3 is 5.32 Å². The van der Waals surface area contributed by atoms with Crippen molar-refractivity contribution in [2.45, 2.75) is 23.8 Å². The van der Waals surface area contributed by atoms with Crippen LogP contribution < -0.4 is 10.0 Å². The van der Waals surface area contributed by atoms with E-state index in [2.05, 4.69) is 15.0 Å². The maximum atomic E-state index is 6.09. The number of hydrogen-bond acceptors (Lipinski definition) is 2. The Morgan fingerprint density at radius 2 is 2.12 bits per heavy atom. The summed E-state index contributed by atoms with van der Waals surface area (Å²) in [4.78, 5) is 5.45. The van der Waals surface area contributed by atoms with Gasteiger partial charge in [-0.2, -0.15) is 0 Å². The Morgan fingerprint density at radius 1 is 1.31 bits per heavy atom. The average Bonchev–Trinajstić information content (AvgIpc) is 3.00. The first-order chi connectivity index (χ1) is 7.72. The van der Waals surface area contributed by atoms with Gasteiger partial charge in [0.1, 0.15) is 0 Å². The number of benzene rings is 1. The maximum Gasteiger partial charge on any atom is 0.206 e. The van der Waals surface area contributed by atoms with Crippen molar-refractivity contribution < 1.29 is 0 Å². The van der Waals surface area contributed by atoms with Crippen molar-refractivity contribution in [3.63, 3.8) is 0 Å². The van der Waals surface area contributed by atoms with Gasteiger partial charge in [0.05, 0.1) is 21.6 Å². The lowest BCUT2D eigenvalue weighted by atomic mass is 10.3. The minimum absolute atomic E-state index is 0.479. The number of hydrogen-bond donors (Lipinski definition) is 2. The highest BCUT2D eigenvalue weighted by Gasteiger charge is 2.23. The molecule has 1 fully saturated rings. The molecule has 16 heavy (non-hydrogen) atoms. The average molecular weight is 274 g/mol. The maximum absolute atomic E-state index is 6.09. The molecule has 6 heteroatoms. The topological polar surface area (TPSA) is 36.4 Å².